The first-order chi connectivity index (χ1) is 16.9. The number of nitrogens with zero attached hydrogens (tertiary/aromatic N) is 3. The average molecular weight is 471 g/mol. The van der Waals surface area contributed by atoms with Crippen molar-refractivity contribution in [1.82, 2.24) is 5.43 Å². The molecule has 0 aliphatic carbocycles. The Morgan fingerprint density at radius 2 is 1.74 bits per heavy atom. The molecule has 2 amide bonds. The summed E-state index contributed by atoms with van der Waals surface area (Å²) in [6.07, 6.45) is 1.49. The number of hydrogen-bond donors (Lipinski definition) is 2. The van der Waals surface area contributed by atoms with Crippen LogP contribution < -0.4 is 15.5 Å². The first-order valence-electron chi connectivity index (χ1n) is 10.0. The van der Waals surface area contributed by atoms with E-state index in [1.54, 1.807) is 36.4 Å². The zero-order valence-corrected chi connectivity index (χ0v) is 18.0. The molecule has 0 saturated heterocycles. The highest BCUT2D eigenvalue weighted by atomic mass is 16.6. The number of ether oxygens (including phenoxy) is 1. The highest BCUT2D eigenvalue weighted by Gasteiger charge is 2.13. The minimum absolute atomic E-state index is 0.132. The number of nitrogens with one attached hydrogen (secondary N) is 2. The lowest BCUT2D eigenvalue weighted by Gasteiger charge is -2.05. The number of benzene rings is 3. The minimum Gasteiger partial charge on any atom is -0.423 e. The third-order valence-electron chi connectivity index (χ3n) is 4.46. The lowest BCUT2D eigenvalue weighted by atomic mass is 10.1. The van der Waals surface area contributed by atoms with Gasteiger partial charge in [0.2, 0.25) is 0 Å². The number of carbonyl (C=O) groups excluding carboxylic acids is 3. The van der Waals surface area contributed by atoms with E-state index in [2.05, 4.69) is 15.8 Å². The molecule has 3 aromatic carbocycles. The SMILES string of the molecule is N#CCc1ccc(NC(=O)C(=O)N/N=C/c2cccc(OC(=O)c3ccc([N+](=O)[O-])cc3)c2)cc1. The summed E-state index contributed by atoms with van der Waals surface area (Å²) >= 11 is 0. The van der Waals surface area contributed by atoms with Crippen molar-refractivity contribution in [3.63, 3.8) is 0 Å². The zero-order valence-electron chi connectivity index (χ0n) is 18.0. The van der Waals surface area contributed by atoms with Gasteiger partial charge in [0.25, 0.3) is 5.69 Å². The second-order valence-electron chi connectivity index (χ2n) is 6.95. The van der Waals surface area contributed by atoms with Gasteiger partial charge >= 0.3 is 17.8 Å². The number of carbonyl (C=O) groups is 3. The lowest BCUT2D eigenvalue weighted by Crippen LogP contribution is -2.32. The van der Waals surface area contributed by atoms with Gasteiger partial charge in [0.05, 0.1) is 29.2 Å². The van der Waals surface area contributed by atoms with E-state index in [-0.39, 0.29) is 23.4 Å². The van der Waals surface area contributed by atoms with Crippen LogP contribution in [0, 0.1) is 21.4 Å². The summed E-state index contributed by atoms with van der Waals surface area (Å²) in [5.74, 6) is -2.45. The molecule has 0 bridgehead atoms. The number of nitro groups is 1. The van der Waals surface area contributed by atoms with E-state index in [0.29, 0.717) is 11.3 Å². The molecule has 0 radical (unpaired) electrons. The number of anilines is 1. The molecule has 11 heteroatoms. The number of nitro benzene ring substituents is 1. The molecule has 174 valence electrons. The molecule has 0 aromatic heterocycles. The van der Waals surface area contributed by atoms with Crippen molar-refractivity contribution in [2.75, 3.05) is 5.32 Å². The number of hydrogen-bond acceptors (Lipinski definition) is 8. The summed E-state index contributed by atoms with van der Waals surface area (Å²) in [7, 11) is 0. The molecule has 2 N–H and O–H groups in total. The number of amides is 2. The maximum atomic E-state index is 12.2. The Kier molecular flexibility index (Phi) is 7.96. The molecule has 0 aliphatic rings. The van der Waals surface area contributed by atoms with Gasteiger partial charge in [-0.2, -0.15) is 10.4 Å². The summed E-state index contributed by atoms with van der Waals surface area (Å²) in [6.45, 7) is 0. The molecule has 0 aliphatic heterocycles. The summed E-state index contributed by atoms with van der Waals surface area (Å²) in [4.78, 5) is 46.3. The van der Waals surface area contributed by atoms with Gasteiger partial charge in [-0.05, 0) is 47.5 Å². The number of hydrazone groups is 1. The van der Waals surface area contributed by atoms with E-state index >= 15 is 0 Å². The molecular weight excluding hydrogens is 454 g/mol. The standard InChI is InChI=1S/C24H17N5O6/c25-13-12-16-4-8-19(9-5-16)27-22(30)23(31)28-26-15-17-2-1-3-21(14-17)35-24(32)18-6-10-20(11-7-18)29(33)34/h1-11,14-15H,12H2,(H,27,30)(H,28,31)/b26-15+. The van der Waals surface area contributed by atoms with E-state index in [4.69, 9.17) is 10.00 Å². The Bertz CT molecular complexity index is 1330. The molecule has 0 atom stereocenters. The number of esters is 1. The molecule has 0 spiro atoms. The van der Waals surface area contributed by atoms with Crippen molar-refractivity contribution in [2.24, 2.45) is 5.10 Å². The van der Waals surface area contributed by atoms with E-state index < -0.39 is 22.7 Å². The third-order valence-corrected chi connectivity index (χ3v) is 4.46. The first-order valence-corrected chi connectivity index (χ1v) is 10.0. The largest absolute Gasteiger partial charge is 0.423 e. The van der Waals surface area contributed by atoms with Crippen LogP contribution in [0.1, 0.15) is 21.5 Å². The normalized spacial score (nSPS) is 10.3. The van der Waals surface area contributed by atoms with Gasteiger partial charge in [-0.15, -0.1) is 0 Å². The second-order valence-corrected chi connectivity index (χ2v) is 6.95. The summed E-state index contributed by atoms with van der Waals surface area (Å²) < 4.78 is 5.26. The Balaban J connectivity index is 1.54. The average Bonchev–Trinajstić information content (AvgIpc) is 2.85. The third kappa shape index (κ3) is 7.06. The van der Waals surface area contributed by atoms with E-state index in [9.17, 15) is 24.5 Å². The van der Waals surface area contributed by atoms with Crippen LogP contribution in [-0.2, 0) is 16.0 Å². The maximum Gasteiger partial charge on any atom is 0.343 e. The van der Waals surface area contributed by atoms with Crippen molar-refractivity contribution >= 4 is 35.4 Å². The number of rotatable bonds is 7. The van der Waals surface area contributed by atoms with Crippen LogP contribution in [0.5, 0.6) is 5.75 Å². The van der Waals surface area contributed by atoms with Crippen LogP contribution in [-0.4, -0.2) is 28.9 Å². The summed E-state index contributed by atoms with van der Waals surface area (Å²) in [5.41, 5.74) is 3.71. The van der Waals surface area contributed by atoms with Crippen LogP contribution in [0.25, 0.3) is 0 Å². The van der Waals surface area contributed by atoms with Crippen molar-refractivity contribution in [3.05, 3.63) is 99.6 Å². The van der Waals surface area contributed by atoms with Gasteiger partial charge in [0.15, 0.2) is 0 Å². The maximum absolute atomic E-state index is 12.2. The topological polar surface area (TPSA) is 164 Å². The predicted octanol–water partition coefficient (Wildman–Crippen LogP) is 2.97. The predicted molar refractivity (Wildman–Crippen MR) is 125 cm³/mol. The van der Waals surface area contributed by atoms with Crippen LogP contribution in [0.2, 0.25) is 0 Å². The van der Waals surface area contributed by atoms with Gasteiger partial charge in [0.1, 0.15) is 5.75 Å². The van der Waals surface area contributed by atoms with Crippen molar-refractivity contribution in [2.45, 2.75) is 6.42 Å². The smallest absolute Gasteiger partial charge is 0.343 e. The molecule has 0 fully saturated rings. The number of non-ortho nitro benzene ring substituents is 1. The van der Waals surface area contributed by atoms with Crippen molar-refractivity contribution in [1.29, 1.82) is 5.26 Å². The Labute approximate surface area is 198 Å². The van der Waals surface area contributed by atoms with Gasteiger partial charge in [0, 0.05) is 17.8 Å². The Morgan fingerprint density at radius 3 is 2.40 bits per heavy atom. The van der Waals surface area contributed by atoms with Crippen LogP contribution >= 0.6 is 0 Å². The molecular formula is C24H17N5O6. The van der Waals surface area contributed by atoms with E-state index in [1.165, 1.54) is 42.6 Å². The van der Waals surface area contributed by atoms with Crippen LogP contribution in [0.3, 0.4) is 0 Å². The summed E-state index contributed by atoms with van der Waals surface area (Å²) in [5, 5.41) is 25.5. The molecule has 11 nitrogen and oxygen atoms in total. The fourth-order valence-electron chi connectivity index (χ4n) is 2.74. The van der Waals surface area contributed by atoms with Gasteiger partial charge < -0.3 is 10.1 Å². The van der Waals surface area contributed by atoms with Gasteiger partial charge in [-0.3, -0.25) is 19.7 Å². The van der Waals surface area contributed by atoms with Crippen LogP contribution in [0.15, 0.2) is 77.9 Å². The molecule has 3 rings (SSSR count). The van der Waals surface area contributed by atoms with Gasteiger partial charge in [-0.1, -0.05) is 24.3 Å². The highest BCUT2D eigenvalue weighted by molar-refractivity contribution is 6.39. The van der Waals surface area contributed by atoms with E-state index in [0.717, 1.165) is 5.56 Å². The zero-order chi connectivity index (χ0) is 25.2. The quantitative estimate of drug-likeness (QED) is 0.134. The molecule has 0 heterocycles. The molecule has 3 aromatic rings. The highest BCUT2D eigenvalue weighted by Crippen LogP contribution is 2.17. The lowest BCUT2D eigenvalue weighted by molar-refractivity contribution is -0.384. The fraction of sp³-hybridized carbons (Fsp3) is 0.0417. The van der Waals surface area contributed by atoms with Crippen LogP contribution in [0.4, 0.5) is 11.4 Å². The monoisotopic (exact) mass is 471 g/mol. The fourth-order valence-corrected chi connectivity index (χ4v) is 2.74. The molecule has 0 unspecified atom stereocenters. The Hall–Kier alpha value is -5.37. The number of nitriles is 1. The second kappa shape index (κ2) is 11.5. The first kappa shape index (κ1) is 24.3. The minimum atomic E-state index is -0.997. The van der Waals surface area contributed by atoms with E-state index in [1.807, 2.05) is 6.07 Å². The molecule has 35 heavy (non-hydrogen) atoms. The Morgan fingerprint density at radius 1 is 1.03 bits per heavy atom. The van der Waals surface area contributed by atoms with Gasteiger partial charge in [-0.25, -0.2) is 10.2 Å². The molecule has 0 saturated carbocycles. The van der Waals surface area contributed by atoms with Crippen molar-refractivity contribution in [3.8, 4) is 11.8 Å². The summed E-state index contributed by atoms with van der Waals surface area (Å²) in [6, 6.07) is 19.7. The van der Waals surface area contributed by atoms with Crippen molar-refractivity contribution < 1.29 is 24.0 Å².